The zero-order chi connectivity index (χ0) is 24.7. The van der Waals surface area contributed by atoms with Gasteiger partial charge in [0.1, 0.15) is 11.9 Å². The van der Waals surface area contributed by atoms with Gasteiger partial charge in [-0.2, -0.15) is 13.2 Å². The predicted octanol–water partition coefficient (Wildman–Crippen LogP) is 6.79. The number of hydrogen-bond acceptors (Lipinski definition) is 3. The average Bonchev–Trinajstić information content (AvgIpc) is 3.65. The van der Waals surface area contributed by atoms with Crippen LogP contribution < -0.4 is 9.64 Å². The lowest BCUT2D eigenvalue weighted by atomic mass is 9.82. The van der Waals surface area contributed by atoms with Crippen LogP contribution in [0.1, 0.15) is 30.4 Å². The Kier molecular flexibility index (Phi) is 7.04. The van der Waals surface area contributed by atoms with Gasteiger partial charge < -0.3 is 14.4 Å². The number of methoxy groups -OCH3 is 1. The summed E-state index contributed by atoms with van der Waals surface area (Å²) in [5, 5.41) is 0.413. The number of carbonyl (C=O) groups is 1. The summed E-state index contributed by atoms with van der Waals surface area (Å²) in [6, 6.07) is 11.2. The topological polar surface area (TPSA) is 38.8 Å². The van der Waals surface area contributed by atoms with Crippen LogP contribution in [0.2, 0.25) is 5.02 Å². The molecule has 182 valence electrons. The summed E-state index contributed by atoms with van der Waals surface area (Å²) in [7, 11) is 1.54. The molecule has 4 rings (SSSR count). The quantitative estimate of drug-likeness (QED) is 0.277. The van der Waals surface area contributed by atoms with E-state index in [0.29, 0.717) is 23.9 Å². The minimum Gasteiger partial charge on any atom is -0.497 e. The predicted molar refractivity (Wildman–Crippen MR) is 129 cm³/mol. The second-order valence-corrected chi connectivity index (χ2v) is 9.73. The van der Waals surface area contributed by atoms with Crippen molar-refractivity contribution in [2.75, 3.05) is 17.3 Å². The van der Waals surface area contributed by atoms with Gasteiger partial charge >= 0.3 is 6.18 Å². The molecule has 1 aliphatic heterocycles. The van der Waals surface area contributed by atoms with E-state index in [0.717, 1.165) is 5.56 Å². The van der Waals surface area contributed by atoms with Crippen molar-refractivity contribution >= 4 is 39.1 Å². The molecule has 0 spiro atoms. The SMILES string of the molecule is C=C(C1CC1)C1(C(F)(F)F)OC(CCBr)C(=O)N(Cc2ccc(OC)cc2)c2ccc(Cl)cc21. The van der Waals surface area contributed by atoms with Crippen LogP contribution in [-0.4, -0.2) is 30.6 Å². The Labute approximate surface area is 209 Å². The first-order valence-electron chi connectivity index (χ1n) is 10.9. The number of rotatable bonds is 7. The van der Waals surface area contributed by atoms with Crippen molar-refractivity contribution in [1.82, 2.24) is 0 Å². The molecule has 4 nitrogen and oxygen atoms in total. The largest absolute Gasteiger partial charge is 0.497 e. The van der Waals surface area contributed by atoms with Gasteiger partial charge in [-0.1, -0.05) is 46.2 Å². The first-order valence-corrected chi connectivity index (χ1v) is 12.4. The van der Waals surface area contributed by atoms with E-state index >= 15 is 13.2 Å². The first-order chi connectivity index (χ1) is 16.1. The smallest absolute Gasteiger partial charge is 0.425 e. The van der Waals surface area contributed by atoms with Crippen molar-refractivity contribution in [3.05, 3.63) is 70.8 Å². The number of anilines is 1. The molecule has 0 radical (unpaired) electrons. The maximum Gasteiger partial charge on any atom is 0.425 e. The fourth-order valence-corrected chi connectivity index (χ4v) is 4.96. The Balaban J connectivity index is 1.92. The number of halogens is 5. The highest BCUT2D eigenvalue weighted by Gasteiger charge is 2.65. The maximum atomic E-state index is 15.0. The lowest BCUT2D eigenvalue weighted by Gasteiger charge is -2.39. The van der Waals surface area contributed by atoms with Crippen LogP contribution in [0.4, 0.5) is 18.9 Å². The van der Waals surface area contributed by atoms with E-state index < -0.39 is 23.8 Å². The third-order valence-corrected chi connectivity index (χ3v) is 6.97. The van der Waals surface area contributed by atoms with Crippen molar-refractivity contribution in [2.24, 2.45) is 5.92 Å². The third-order valence-electron chi connectivity index (χ3n) is 6.28. The van der Waals surface area contributed by atoms with E-state index in [1.165, 1.54) is 23.1 Å². The lowest BCUT2D eigenvalue weighted by Crippen LogP contribution is -2.49. The van der Waals surface area contributed by atoms with Gasteiger partial charge in [0.15, 0.2) is 0 Å². The van der Waals surface area contributed by atoms with Crippen molar-refractivity contribution in [3.63, 3.8) is 0 Å². The molecule has 2 atom stereocenters. The van der Waals surface area contributed by atoms with Crippen LogP contribution in [0.5, 0.6) is 5.75 Å². The maximum absolute atomic E-state index is 15.0. The van der Waals surface area contributed by atoms with Gasteiger partial charge in [-0.15, -0.1) is 0 Å². The third kappa shape index (κ3) is 4.48. The van der Waals surface area contributed by atoms with Gasteiger partial charge in [-0.05, 0) is 66.6 Å². The van der Waals surface area contributed by atoms with Crippen LogP contribution in [0.15, 0.2) is 54.6 Å². The molecule has 2 unspecified atom stereocenters. The number of ether oxygens (including phenoxy) is 2. The van der Waals surface area contributed by atoms with Crippen LogP contribution in [0.25, 0.3) is 0 Å². The zero-order valence-corrected chi connectivity index (χ0v) is 20.8. The molecule has 0 saturated heterocycles. The summed E-state index contributed by atoms with van der Waals surface area (Å²) < 4.78 is 56.1. The van der Waals surface area contributed by atoms with E-state index in [9.17, 15) is 4.79 Å². The van der Waals surface area contributed by atoms with E-state index in [4.69, 9.17) is 21.1 Å². The fourth-order valence-electron chi connectivity index (χ4n) is 4.37. The number of benzene rings is 2. The molecule has 2 aromatic rings. The van der Waals surface area contributed by atoms with Gasteiger partial charge in [0.05, 0.1) is 19.3 Å². The standard InChI is InChI=1S/C25H24BrClF3NO3/c1-15(17-5-6-17)24(25(28,29)30)20-13-18(27)7-10-21(20)31(23(32)22(34-24)11-12-26)14-16-3-8-19(33-2)9-4-16/h3-4,7-10,13,17,22H,1,5-6,11-12,14H2,2H3. The molecule has 1 aliphatic carbocycles. The minimum atomic E-state index is -4.85. The van der Waals surface area contributed by atoms with Crippen molar-refractivity contribution < 1.29 is 27.4 Å². The molecule has 1 heterocycles. The monoisotopic (exact) mass is 557 g/mol. The minimum absolute atomic E-state index is 0.0590. The number of carbonyl (C=O) groups excluding carboxylic acids is 1. The van der Waals surface area contributed by atoms with Crippen molar-refractivity contribution in [3.8, 4) is 5.75 Å². The summed E-state index contributed by atoms with van der Waals surface area (Å²) in [6.45, 7) is 3.91. The van der Waals surface area contributed by atoms with Crippen molar-refractivity contribution in [2.45, 2.75) is 43.7 Å². The van der Waals surface area contributed by atoms with Gasteiger partial charge in [-0.3, -0.25) is 4.79 Å². The summed E-state index contributed by atoms with van der Waals surface area (Å²) in [6.07, 6.45) is -4.92. The molecule has 9 heteroatoms. The van der Waals surface area contributed by atoms with Crippen LogP contribution >= 0.6 is 27.5 Å². The Bertz CT molecular complexity index is 1090. The highest BCUT2D eigenvalue weighted by atomic mass is 79.9. The van der Waals surface area contributed by atoms with Gasteiger partial charge in [0.2, 0.25) is 5.60 Å². The number of nitrogens with zero attached hydrogens (tertiary/aromatic N) is 1. The van der Waals surface area contributed by atoms with E-state index in [1.54, 1.807) is 31.4 Å². The molecule has 0 N–H and O–H groups in total. The van der Waals surface area contributed by atoms with Gasteiger partial charge in [0.25, 0.3) is 5.91 Å². The van der Waals surface area contributed by atoms with Crippen LogP contribution in [0, 0.1) is 5.92 Å². The second kappa shape index (κ2) is 9.55. The van der Waals surface area contributed by atoms with Crippen molar-refractivity contribution in [1.29, 1.82) is 0 Å². The molecule has 34 heavy (non-hydrogen) atoms. The highest BCUT2D eigenvalue weighted by Crippen LogP contribution is 2.58. The summed E-state index contributed by atoms with van der Waals surface area (Å²) >= 11 is 9.47. The Morgan fingerprint density at radius 1 is 1.26 bits per heavy atom. The first kappa shape index (κ1) is 25.1. The molecule has 0 bridgehead atoms. The molecular formula is C25H24BrClF3NO3. The number of fused-ring (bicyclic) bond motifs is 1. The molecule has 1 saturated carbocycles. The summed E-state index contributed by atoms with van der Waals surface area (Å²) in [4.78, 5) is 15.0. The molecule has 1 fully saturated rings. The molecule has 2 aliphatic rings. The molecule has 2 aromatic carbocycles. The second-order valence-electron chi connectivity index (χ2n) is 8.50. The van der Waals surface area contributed by atoms with E-state index in [2.05, 4.69) is 22.5 Å². The highest BCUT2D eigenvalue weighted by molar-refractivity contribution is 9.09. The van der Waals surface area contributed by atoms with E-state index in [1.807, 2.05) is 0 Å². The van der Waals surface area contributed by atoms with Gasteiger partial charge in [-0.25, -0.2) is 0 Å². The van der Waals surface area contributed by atoms with Gasteiger partial charge in [0, 0.05) is 15.9 Å². The van der Waals surface area contributed by atoms with Crippen LogP contribution in [-0.2, 0) is 21.7 Å². The lowest BCUT2D eigenvalue weighted by molar-refractivity contribution is -0.278. The summed E-state index contributed by atoms with van der Waals surface area (Å²) in [5.74, 6) is -0.245. The number of hydrogen-bond donors (Lipinski definition) is 0. The molecular weight excluding hydrogens is 535 g/mol. The Morgan fingerprint density at radius 2 is 1.94 bits per heavy atom. The Hall–Kier alpha value is -2.03. The Morgan fingerprint density at radius 3 is 2.50 bits per heavy atom. The average molecular weight is 559 g/mol. The zero-order valence-electron chi connectivity index (χ0n) is 18.5. The molecule has 0 aromatic heterocycles. The number of amides is 1. The van der Waals surface area contributed by atoms with Crippen LogP contribution in [0.3, 0.4) is 0 Å². The normalized spacial score (nSPS) is 22.8. The fraction of sp³-hybridized carbons (Fsp3) is 0.400. The van der Waals surface area contributed by atoms with E-state index in [-0.39, 0.29) is 40.7 Å². The number of alkyl halides is 4. The summed E-state index contributed by atoms with van der Waals surface area (Å²) in [5.41, 5.74) is -2.29. The molecule has 1 amide bonds.